The molecule has 2 N–H and O–H groups in total. The van der Waals surface area contributed by atoms with Crippen molar-refractivity contribution in [2.24, 2.45) is 11.7 Å². The third-order valence-corrected chi connectivity index (χ3v) is 2.97. The summed E-state index contributed by atoms with van der Waals surface area (Å²) in [6.07, 6.45) is 0.313. The summed E-state index contributed by atoms with van der Waals surface area (Å²) < 4.78 is 5.86. The van der Waals surface area contributed by atoms with Gasteiger partial charge < -0.3 is 10.5 Å². The standard InChI is InChI=1S/C12H26N2O/c1-9(2)11(13)7-14-6-10(3)15-12(4,5)8-14/h9-11H,6-8,13H2,1-5H3. The predicted molar refractivity (Wildman–Crippen MR) is 63.9 cm³/mol. The number of nitrogens with zero attached hydrogens (tertiary/aromatic N) is 1. The minimum absolute atomic E-state index is 0.0334. The SMILES string of the molecule is CC1CN(CC(N)C(C)C)CC(C)(C)O1. The summed E-state index contributed by atoms with van der Waals surface area (Å²) in [5, 5.41) is 0. The highest BCUT2D eigenvalue weighted by atomic mass is 16.5. The van der Waals surface area contributed by atoms with Crippen molar-refractivity contribution in [1.29, 1.82) is 0 Å². The van der Waals surface area contributed by atoms with Gasteiger partial charge in [-0.25, -0.2) is 0 Å². The summed E-state index contributed by atoms with van der Waals surface area (Å²) in [5.74, 6) is 0.547. The Kier molecular flexibility index (Phi) is 4.15. The summed E-state index contributed by atoms with van der Waals surface area (Å²) in [6.45, 7) is 13.8. The van der Waals surface area contributed by atoms with Crippen molar-refractivity contribution >= 4 is 0 Å². The summed E-state index contributed by atoms with van der Waals surface area (Å²) in [6, 6.07) is 0.270. The Bertz CT molecular complexity index is 204. The molecule has 1 rings (SSSR count). The fourth-order valence-electron chi connectivity index (χ4n) is 2.23. The fourth-order valence-corrected chi connectivity index (χ4v) is 2.23. The zero-order chi connectivity index (χ0) is 11.6. The molecule has 0 spiro atoms. The molecule has 0 aromatic rings. The Hall–Kier alpha value is -0.120. The molecule has 2 atom stereocenters. The zero-order valence-corrected chi connectivity index (χ0v) is 10.8. The van der Waals surface area contributed by atoms with Crippen LogP contribution in [0.15, 0.2) is 0 Å². The van der Waals surface area contributed by atoms with Gasteiger partial charge in [0.25, 0.3) is 0 Å². The first-order valence-electron chi connectivity index (χ1n) is 5.96. The fraction of sp³-hybridized carbons (Fsp3) is 1.00. The molecule has 0 bridgehead atoms. The summed E-state index contributed by atoms with van der Waals surface area (Å²) in [4.78, 5) is 2.43. The quantitative estimate of drug-likeness (QED) is 0.773. The Morgan fingerprint density at radius 1 is 1.47 bits per heavy atom. The lowest BCUT2D eigenvalue weighted by molar-refractivity contribution is -0.129. The molecular weight excluding hydrogens is 188 g/mol. The minimum atomic E-state index is -0.0334. The minimum Gasteiger partial charge on any atom is -0.370 e. The predicted octanol–water partition coefficient (Wildman–Crippen LogP) is 1.47. The number of ether oxygens (including phenoxy) is 1. The van der Waals surface area contributed by atoms with Gasteiger partial charge in [-0.05, 0) is 26.7 Å². The lowest BCUT2D eigenvalue weighted by atomic mass is 10.0. The molecule has 0 aliphatic carbocycles. The van der Waals surface area contributed by atoms with E-state index in [9.17, 15) is 0 Å². The van der Waals surface area contributed by atoms with Crippen molar-refractivity contribution in [3.05, 3.63) is 0 Å². The molecule has 90 valence electrons. The first kappa shape index (κ1) is 12.9. The first-order chi connectivity index (χ1) is 6.80. The van der Waals surface area contributed by atoms with Gasteiger partial charge in [-0.2, -0.15) is 0 Å². The van der Waals surface area contributed by atoms with Gasteiger partial charge in [0.2, 0.25) is 0 Å². The van der Waals surface area contributed by atoms with Crippen LogP contribution in [-0.4, -0.2) is 42.3 Å². The molecule has 0 amide bonds. The molecular formula is C12H26N2O. The van der Waals surface area contributed by atoms with E-state index in [0.29, 0.717) is 12.0 Å². The molecule has 0 aromatic carbocycles. The van der Waals surface area contributed by atoms with Crippen molar-refractivity contribution in [2.45, 2.75) is 52.4 Å². The van der Waals surface area contributed by atoms with Crippen LogP contribution in [0.2, 0.25) is 0 Å². The summed E-state index contributed by atoms with van der Waals surface area (Å²) in [7, 11) is 0. The van der Waals surface area contributed by atoms with Crippen LogP contribution in [0.3, 0.4) is 0 Å². The molecule has 3 nitrogen and oxygen atoms in total. The Morgan fingerprint density at radius 2 is 2.07 bits per heavy atom. The molecule has 3 heteroatoms. The van der Waals surface area contributed by atoms with Crippen molar-refractivity contribution in [3.63, 3.8) is 0 Å². The average Bonchev–Trinajstić information content (AvgIpc) is 1.99. The van der Waals surface area contributed by atoms with E-state index in [-0.39, 0.29) is 11.6 Å². The lowest BCUT2D eigenvalue weighted by Crippen LogP contribution is -2.55. The Morgan fingerprint density at radius 3 is 2.53 bits per heavy atom. The normalized spacial score (nSPS) is 29.4. The Balaban J connectivity index is 2.48. The highest BCUT2D eigenvalue weighted by molar-refractivity contribution is 4.84. The maximum atomic E-state index is 6.10. The highest BCUT2D eigenvalue weighted by Crippen LogP contribution is 2.21. The van der Waals surface area contributed by atoms with Crippen LogP contribution in [0.4, 0.5) is 0 Å². The molecule has 15 heavy (non-hydrogen) atoms. The smallest absolute Gasteiger partial charge is 0.0757 e. The third kappa shape index (κ3) is 4.09. The van der Waals surface area contributed by atoms with Crippen molar-refractivity contribution in [3.8, 4) is 0 Å². The van der Waals surface area contributed by atoms with Gasteiger partial charge in [-0.1, -0.05) is 13.8 Å². The van der Waals surface area contributed by atoms with E-state index in [2.05, 4.69) is 39.5 Å². The molecule has 0 saturated carbocycles. The van der Waals surface area contributed by atoms with E-state index in [1.54, 1.807) is 0 Å². The number of rotatable bonds is 3. The Labute approximate surface area is 94.0 Å². The lowest BCUT2D eigenvalue weighted by Gasteiger charge is -2.42. The molecule has 1 aliphatic rings. The van der Waals surface area contributed by atoms with E-state index in [1.165, 1.54) is 0 Å². The molecule has 0 radical (unpaired) electrons. The second-order valence-electron chi connectivity index (χ2n) is 5.79. The number of hydrogen-bond acceptors (Lipinski definition) is 3. The monoisotopic (exact) mass is 214 g/mol. The largest absolute Gasteiger partial charge is 0.370 e. The van der Waals surface area contributed by atoms with Gasteiger partial charge in [0.1, 0.15) is 0 Å². The topological polar surface area (TPSA) is 38.5 Å². The van der Waals surface area contributed by atoms with E-state index in [0.717, 1.165) is 19.6 Å². The van der Waals surface area contributed by atoms with Gasteiger partial charge in [0.15, 0.2) is 0 Å². The van der Waals surface area contributed by atoms with E-state index in [1.807, 2.05) is 0 Å². The van der Waals surface area contributed by atoms with Crippen LogP contribution in [0.25, 0.3) is 0 Å². The number of hydrogen-bond donors (Lipinski definition) is 1. The van der Waals surface area contributed by atoms with Gasteiger partial charge in [-0.15, -0.1) is 0 Å². The molecule has 1 aliphatic heterocycles. The average molecular weight is 214 g/mol. The second kappa shape index (κ2) is 4.81. The molecule has 1 fully saturated rings. The van der Waals surface area contributed by atoms with Crippen LogP contribution in [-0.2, 0) is 4.74 Å². The zero-order valence-electron chi connectivity index (χ0n) is 10.8. The van der Waals surface area contributed by atoms with Gasteiger partial charge >= 0.3 is 0 Å². The second-order valence-corrected chi connectivity index (χ2v) is 5.79. The van der Waals surface area contributed by atoms with E-state index in [4.69, 9.17) is 10.5 Å². The van der Waals surface area contributed by atoms with Gasteiger partial charge in [0, 0.05) is 25.7 Å². The van der Waals surface area contributed by atoms with E-state index < -0.39 is 0 Å². The van der Waals surface area contributed by atoms with Crippen LogP contribution in [0, 0.1) is 5.92 Å². The van der Waals surface area contributed by atoms with Crippen LogP contribution >= 0.6 is 0 Å². The third-order valence-electron chi connectivity index (χ3n) is 2.97. The van der Waals surface area contributed by atoms with Crippen LogP contribution < -0.4 is 5.73 Å². The van der Waals surface area contributed by atoms with Crippen LogP contribution in [0.5, 0.6) is 0 Å². The van der Waals surface area contributed by atoms with Gasteiger partial charge in [0.05, 0.1) is 11.7 Å². The van der Waals surface area contributed by atoms with Crippen molar-refractivity contribution in [2.75, 3.05) is 19.6 Å². The van der Waals surface area contributed by atoms with Crippen molar-refractivity contribution < 1.29 is 4.74 Å². The van der Waals surface area contributed by atoms with Crippen molar-refractivity contribution in [1.82, 2.24) is 4.90 Å². The van der Waals surface area contributed by atoms with Gasteiger partial charge in [-0.3, -0.25) is 4.90 Å². The van der Waals surface area contributed by atoms with E-state index >= 15 is 0 Å². The highest BCUT2D eigenvalue weighted by Gasteiger charge is 2.31. The van der Waals surface area contributed by atoms with Crippen LogP contribution in [0.1, 0.15) is 34.6 Å². The number of morpholine rings is 1. The number of nitrogens with two attached hydrogens (primary N) is 1. The summed E-state index contributed by atoms with van der Waals surface area (Å²) >= 11 is 0. The molecule has 1 heterocycles. The molecule has 2 unspecified atom stereocenters. The first-order valence-corrected chi connectivity index (χ1v) is 5.96. The maximum absolute atomic E-state index is 6.10. The summed E-state index contributed by atoms with van der Waals surface area (Å²) in [5.41, 5.74) is 6.07. The maximum Gasteiger partial charge on any atom is 0.0757 e. The molecule has 1 saturated heterocycles. The molecule has 0 aromatic heterocycles.